The number of halogens is 2. The molecule has 1 aliphatic carbocycles. The van der Waals surface area contributed by atoms with Crippen LogP contribution < -0.4 is 5.32 Å². The lowest BCUT2D eigenvalue weighted by Crippen LogP contribution is -2.33. The monoisotopic (exact) mass is 239 g/mol. The van der Waals surface area contributed by atoms with E-state index < -0.39 is 11.6 Å². The van der Waals surface area contributed by atoms with Gasteiger partial charge in [-0.2, -0.15) is 0 Å². The van der Waals surface area contributed by atoms with Gasteiger partial charge in [0.25, 0.3) is 0 Å². The van der Waals surface area contributed by atoms with E-state index in [1.807, 2.05) is 0 Å². The molecule has 1 saturated carbocycles. The van der Waals surface area contributed by atoms with Gasteiger partial charge in [0.1, 0.15) is 11.6 Å². The highest BCUT2D eigenvalue weighted by Gasteiger charge is 2.38. The Balaban J connectivity index is 2.06. The lowest BCUT2D eigenvalue weighted by atomic mass is 10.0. The van der Waals surface area contributed by atoms with E-state index in [0.29, 0.717) is 18.4 Å². The molecule has 0 aliphatic heterocycles. The first-order valence-corrected chi connectivity index (χ1v) is 6.28. The third-order valence-corrected chi connectivity index (χ3v) is 3.53. The van der Waals surface area contributed by atoms with Gasteiger partial charge in [-0.25, -0.2) is 8.78 Å². The van der Waals surface area contributed by atoms with Crippen molar-refractivity contribution in [1.82, 2.24) is 5.32 Å². The zero-order valence-corrected chi connectivity index (χ0v) is 10.3. The molecule has 0 saturated heterocycles. The molecule has 0 aromatic heterocycles. The lowest BCUT2D eigenvalue weighted by molar-refractivity contribution is 0.452. The minimum Gasteiger partial charge on any atom is -0.314 e. The summed E-state index contributed by atoms with van der Waals surface area (Å²) in [5.74, 6) is 0.414. The third kappa shape index (κ3) is 3.25. The Morgan fingerprint density at radius 2 is 1.88 bits per heavy atom. The quantitative estimate of drug-likeness (QED) is 0.832. The molecule has 0 heterocycles. The number of benzene rings is 1. The average molecular weight is 239 g/mol. The van der Waals surface area contributed by atoms with Gasteiger partial charge in [-0.3, -0.25) is 0 Å². The van der Waals surface area contributed by atoms with Gasteiger partial charge in [0.15, 0.2) is 0 Å². The highest BCUT2D eigenvalue weighted by Crippen LogP contribution is 2.41. The zero-order valence-electron chi connectivity index (χ0n) is 10.3. The van der Waals surface area contributed by atoms with E-state index >= 15 is 0 Å². The Labute approximate surface area is 101 Å². The minimum atomic E-state index is -0.487. The summed E-state index contributed by atoms with van der Waals surface area (Å²) < 4.78 is 26.2. The van der Waals surface area contributed by atoms with Gasteiger partial charge in [-0.05, 0) is 48.9 Å². The summed E-state index contributed by atoms with van der Waals surface area (Å²) in [7, 11) is 0. The van der Waals surface area contributed by atoms with E-state index in [1.54, 1.807) is 0 Å². The van der Waals surface area contributed by atoms with Crippen molar-refractivity contribution in [2.24, 2.45) is 11.8 Å². The molecule has 2 rings (SSSR count). The summed E-state index contributed by atoms with van der Waals surface area (Å²) in [6.07, 6.45) is 1.92. The second-order valence-electron chi connectivity index (χ2n) is 5.02. The molecular formula is C14H19F2N. The Morgan fingerprint density at radius 1 is 1.29 bits per heavy atom. The van der Waals surface area contributed by atoms with Crippen LogP contribution in [0.5, 0.6) is 0 Å². The molecule has 94 valence electrons. The summed E-state index contributed by atoms with van der Waals surface area (Å²) in [4.78, 5) is 0. The smallest absolute Gasteiger partial charge is 0.126 e. The molecule has 0 amide bonds. The van der Waals surface area contributed by atoms with E-state index in [2.05, 4.69) is 19.2 Å². The topological polar surface area (TPSA) is 12.0 Å². The predicted octanol–water partition coefficient (Wildman–Crippen LogP) is 3.14. The summed E-state index contributed by atoms with van der Waals surface area (Å²) in [5, 5.41) is 3.42. The maximum atomic E-state index is 13.1. The maximum absolute atomic E-state index is 13.1. The minimum absolute atomic E-state index is 0.344. The van der Waals surface area contributed by atoms with Crippen molar-refractivity contribution in [2.45, 2.75) is 32.7 Å². The summed E-state index contributed by atoms with van der Waals surface area (Å²) in [5.41, 5.74) is 0.743. The molecule has 0 radical (unpaired) electrons. The summed E-state index contributed by atoms with van der Waals surface area (Å²) in [6, 6.07) is 4.13. The number of hydrogen-bond acceptors (Lipinski definition) is 1. The van der Waals surface area contributed by atoms with Gasteiger partial charge in [-0.15, -0.1) is 0 Å². The Hall–Kier alpha value is -0.960. The van der Waals surface area contributed by atoms with E-state index in [1.165, 1.54) is 18.6 Å². The summed E-state index contributed by atoms with van der Waals surface area (Å²) >= 11 is 0. The van der Waals surface area contributed by atoms with Crippen molar-refractivity contribution in [3.8, 4) is 0 Å². The zero-order chi connectivity index (χ0) is 12.4. The molecule has 1 N–H and O–H groups in total. The van der Waals surface area contributed by atoms with Crippen LogP contribution in [0.25, 0.3) is 0 Å². The third-order valence-electron chi connectivity index (χ3n) is 3.53. The molecule has 3 unspecified atom stereocenters. The standard InChI is InChI=1S/C14H19F2N/c1-3-17-14(13-4-9(13)2)7-10-5-11(15)8-12(16)6-10/h5-6,8-9,13-14,17H,3-4,7H2,1-2H3. The van der Waals surface area contributed by atoms with Gasteiger partial charge in [0.2, 0.25) is 0 Å². The van der Waals surface area contributed by atoms with Crippen molar-refractivity contribution in [2.75, 3.05) is 6.54 Å². The second kappa shape index (κ2) is 5.13. The first kappa shape index (κ1) is 12.5. The number of likely N-dealkylation sites (N-methyl/N-ethyl adjacent to an activating group) is 1. The van der Waals surface area contributed by atoms with Gasteiger partial charge in [-0.1, -0.05) is 13.8 Å². The average Bonchev–Trinajstić information content (AvgIpc) is 2.93. The van der Waals surface area contributed by atoms with Gasteiger partial charge in [0, 0.05) is 12.1 Å². The maximum Gasteiger partial charge on any atom is 0.126 e. The van der Waals surface area contributed by atoms with Crippen LogP contribution in [-0.4, -0.2) is 12.6 Å². The molecule has 0 bridgehead atoms. The predicted molar refractivity (Wildman–Crippen MR) is 64.8 cm³/mol. The van der Waals surface area contributed by atoms with Crippen LogP contribution in [0.15, 0.2) is 18.2 Å². The van der Waals surface area contributed by atoms with Crippen molar-refractivity contribution < 1.29 is 8.78 Å². The molecule has 3 heteroatoms. The molecule has 1 aromatic carbocycles. The summed E-state index contributed by atoms with van der Waals surface area (Å²) in [6.45, 7) is 5.18. The normalized spacial score (nSPS) is 24.7. The second-order valence-corrected chi connectivity index (χ2v) is 5.02. The Morgan fingerprint density at radius 3 is 2.35 bits per heavy atom. The lowest BCUT2D eigenvalue weighted by Gasteiger charge is -2.18. The number of hydrogen-bond donors (Lipinski definition) is 1. The number of rotatable bonds is 5. The molecule has 0 spiro atoms. The molecule has 1 aromatic rings. The molecular weight excluding hydrogens is 220 g/mol. The SMILES string of the molecule is CCNC(Cc1cc(F)cc(F)c1)C1CC1C. The van der Waals surface area contributed by atoms with E-state index in [9.17, 15) is 8.78 Å². The van der Waals surface area contributed by atoms with Crippen LogP contribution >= 0.6 is 0 Å². The van der Waals surface area contributed by atoms with E-state index in [4.69, 9.17) is 0 Å². The van der Waals surface area contributed by atoms with Gasteiger partial charge < -0.3 is 5.32 Å². The first-order valence-electron chi connectivity index (χ1n) is 6.28. The van der Waals surface area contributed by atoms with Crippen molar-refractivity contribution in [1.29, 1.82) is 0 Å². The van der Waals surface area contributed by atoms with Crippen LogP contribution in [0, 0.1) is 23.5 Å². The fraction of sp³-hybridized carbons (Fsp3) is 0.571. The highest BCUT2D eigenvalue weighted by atomic mass is 19.1. The van der Waals surface area contributed by atoms with Crippen LogP contribution in [0.3, 0.4) is 0 Å². The van der Waals surface area contributed by atoms with Crippen molar-refractivity contribution >= 4 is 0 Å². The molecule has 1 nitrogen and oxygen atoms in total. The van der Waals surface area contributed by atoms with Crippen molar-refractivity contribution in [3.63, 3.8) is 0 Å². The molecule has 3 atom stereocenters. The van der Waals surface area contributed by atoms with Gasteiger partial charge in [0.05, 0.1) is 0 Å². The number of nitrogens with one attached hydrogen (secondary N) is 1. The van der Waals surface area contributed by atoms with Crippen molar-refractivity contribution in [3.05, 3.63) is 35.4 Å². The first-order chi connectivity index (χ1) is 8.10. The largest absolute Gasteiger partial charge is 0.314 e. The molecule has 1 aliphatic rings. The fourth-order valence-corrected chi connectivity index (χ4v) is 2.53. The Bertz CT molecular complexity index is 372. The van der Waals surface area contributed by atoms with E-state index in [-0.39, 0.29) is 0 Å². The van der Waals surface area contributed by atoms with E-state index in [0.717, 1.165) is 24.1 Å². The van der Waals surface area contributed by atoms with Gasteiger partial charge >= 0.3 is 0 Å². The molecule has 17 heavy (non-hydrogen) atoms. The fourth-order valence-electron chi connectivity index (χ4n) is 2.53. The molecule has 1 fully saturated rings. The van der Waals surface area contributed by atoms with Crippen LogP contribution in [0.2, 0.25) is 0 Å². The highest BCUT2D eigenvalue weighted by molar-refractivity contribution is 5.19. The van der Waals surface area contributed by atoms with Crippen LogP contribution in [0.4, 0.5) is 8.78 Å². The Kier molecular flexibility index (Phi) is 3.77. The van der Waals surface area contributed by atoms with Crippen LogP contribution in [0.1, 0.15) is 25.8 Å². The van der Waals surface area contributed by atoms with Crippen LogP contribution in [-0.2, 0) is 6.42 Å².